The van der Waals surface area contributed by atoms with Crippen molar-refractivity contribution >= 4 is 101 Å². The van der Waals surface area contributed by atoms with Crippen LogP contribution >= 0.6 is 0 Å². The van der Waals surface area contributed by atoms with Crippen LogP contribution in [0.5, 0.6) is 11.5 Å². The van der Waals surface area contributed by atoms with Gasteiger partial charge in [-0.25, -0.2) is 0 Å². The number of rotatable bonds is 6. The lowest BCUT2D eigenvalue weighted by atomic mass is 9.33. The number of ether oxygens (including phenoxy) is 1. The number of fused-ring (bicyclic) bond motifs is 11. The summed E-state index contributed by atoms with van der Waals surface area (Å²) in [5.41, 5.74) is 20.9. The molecule has 0 atom stereocenters. The third-order valence-electron chi connectivity index (χ3n) is 16.6. The summed E-state index contributed by atoms with van der Waals surface area (Å²) in [6, 6.07) is 81.1. The van der Waals surface area contributed by atoms with Crippen LogP contribution in [-0.2, 0) is 16.2 Å². The first-order valence-corrected chi connectivity index (χ1v) is 27.6. The highest BCUT2D eigenvalue weighted by Gasteiger charge is 2.43. The molecular weight excluding hydrogens is 948 g/mol. The van der Waals surface area contributed by atoms with Crippen LogP contribution in [0.2, 0.25) is 0 Å². The first-order valence-electron chi connectivity index (χ1n) is 27.6. The first-order chi connectivity index (χ1) is 37.6. The molecule has 0 radical (unpaired) electrons. The van der Waals surface area contributed by atoms with Gasteiger partial charge >= 0.3 is 0 Å². The van der Waals surface area contributed by atoms with Gasteiger partial charge in [0, 0.05) is 67.4 Å². The summed E-state index contributed by atoms with van der Waals surface area (Å²) in [4.78, 5) is 4.85. The van der Waals surface area contributed by atoms with E-state index in [1.54, 1.807) is 0 Å². The Morgan fingerprint density at radius 3 is 1.40 bits per heavy atom. The Labute approximate surface area is 458 Å². The number of hydrogen-bond acceptors (Lipinski definition) is 3. The number of benzene rings is 10. The molecule has 0 fully saturated rings. The highest BCUT2D eigenvalue weighted by atomic mass is 16.5. The van der Waals surface area contributed by atoms with Gasteiger partial charge in [0.25, 0.3) is 6.71 Å². The van der Waals surface area contributed by atoms with Crippen molar-refractivity contribution in [1.29, 1.82) is 0 Å². The van der Waals surface area contributed by atoms with Crippen LogP contribution < -0.4 is 30.9 Å². The fourth-order valence-corrected chi connectivity index (χ4v) is 12.6. The molecule has 12 aromatic rings. The predicted octanol–water partition coefficient (Wildman–Crippen LogP) is 17.6. The van der Waals surface area contributed by atoms with Gasteiger partial charge in [-0.15, -0.1) is 0 Å². The van der Waals surface area contributed by atoms with Crippen molar-refractivity contribution in [3.8, 4) is 22.9 Å². The molecule has 0 saturated carbocycles. The minimum Gasteiger partial charge on any atom is -0.458 e. The number of aromatic nitrogens is 2. The highest BCUT2D eigenvalue weighted by Crippen LogP contribution is 2.47. The zero-order valence-electron chi connectivity index (χ0n) is 46.1. The molecular formula is C72H63BN4O. The fraction of sp³-hybridized carbons (Fsp3) is 0.167. The van der Waals surface area contributed by atoms with E-state index in [4.69, 9.17) is 4.74 Å². The zero-order valence-corrected chi connectivity index (χ0v) is 46.1. The molecule has 2 aliphatic heterocycles. The molecule has 0 N–H and O–H groups in total. The van der Waals surface area contributed by atoms with Crippen LogP contribution in [0.15, 0.2) is 218 Å². The van der Waals surface area contributed by atoms with Gasteiger partial charge in [-0.05, 0) is 140 Å². The van der Waals surface area contributed by atoms with Gasteiger partial charge in [-0.1, -0.05) is 184 Å². The van der Waals surface area contributed by atoms with Crippen molar-refractivity contribution in [3.05, 3.63) is 235 Å². The van der Waals surface area contributed by atoms with Crippen molar-refractivity contribution in [2.45, 2.75) is 78.6 Å². The van der Waals surface area contributed by atoms with Gasteiger partial charge in [0.05, 0.1) is 27.8 Å². The van der Waals surface area contributed by atoms with E-state index in [0.717, 1.165) is 73.4 Å². The Morgan fingerprint density at radius 1 is 0.359 bits per heavy atom. The van der Waals surface area contributed by atoms with E-state index in [1.165, 1.54) is 60.3 Å². The second kappa shape index (κ2) is 17.4. The van der Waals surface area contributed by atoms with Crippen molar-refractivity contribution in [3.63, 3.8) is 0 Å². The molecule has 0 unspecified atom stereocenters. The monoisotopic (exact) mass is 1010 g/mol. The SMILES string of the molecule is CC(C)(C)c1ccc(N2c3ccc(C(C)(C)C)cc3B3c4cc(C(C)(C)C)ccc4Oc4cc(-n5c6ccccc6c6ccc7c8ccccc8n(-c8ccc(N(c9ccccc9)c9ccccc9)cc8)c7c65)cc2c43)cc1. The van der Waals surface area contributed by atoms with Crippen molar-refractivity contribution in [1.82, 2.24) is 9.13 Å². The summed E-state index contributed by atoms with van der Waals surface area (Å²) in [6.07, 6.45) is 0. The Balaban J connectivity index is 1.05. The van der Waals surface area contributed by atoms with Crippen LogP contribution in [0.25, 0.3) is 55.0 Å². The van der Waals surface area contributed by atoms with Gasteiger partial charge in [0.2, 0.25) is 0 Å². The molecule has 5 nitrogen and oxygen atoms in total. The Hall–Kier alpha value is -8.74. The van der Waals surface area contributed by atoms with Crippen LogP contribution in [0, 0.1) is 0 Å². The Kier molecular flexibility index (Phi) is 10.6. The molecule has 0 bridgehead atoms. The topological polar surface area (TPSA) is 25.6 Å². The lowest BCUT2D eigenvalue weighted by Gasteiger charge is -2.41. The number of anilines is 6. The predicted molar refractivity (Wildman–Crippen MR) is 332 cm³/mol. The smallest absolute Gasteiger partial charge is 0.256 e. The fourth-order valence-electron chi connectivity index (χ4n) is 12.6. The number of nitrogens with zero attached hydrogens (tertiary/aromatic N) is 4. The second-order valence-electron chi connectivity index (χ2n) is 24.7. The summed E-state index contributed by atoms with van der Waals surface area (Å²) >= 11 is 0. The maximum Gasteiger partial charge on any atom is 0.256 e. The van der Waals surface area contributed by atoms with Gasteiger partial charge in [0.15, 0.2) is 0 Å². The molecule has 0 spiro atoms. The van der Waals surface area contributed by atoms with E-state index in [2.05, 4.69) is 300 Å². The summed E-state index contributed by atoms with van der Waals surface area (Å²) in [6.45, 7) is 20.7. The average molecular weight is 1010 g/mol. The molecule has 0 aliphatic carbocycles. The van der Waals surface area contributed by atoms with Crippen molar-refractivity contribution in [2.24, 2.45) is 0 Å². The van der Waals surface area contributed by atoms with Crippen LogP contribution in [0.3, 0.4) is 0 Å². The van der Waals surface area contributed by atoms with Gasteiger partial charge < -0.3 is 23.7 Å². The van der Waals surface area contributed by atoms with Gasteiger partial charge in [-0.3, -0.25) is 0 Å². The molecule has 4 heterocycles. The number of hydrogen-bond donors (Lipinski definition) is 0. The van der Waals surface area contributed by atoms with Crippen LogP contribution in [-0.4, -0.2) is 15.8 Å². The normalized spacial score (nSPS) is 13.2. The van der Waals surface area contributed by atoms with E-state index < -0.39 is 0 Å². The van der Waals surface area contributed by atoms with E-state index in [-0.39, 0.29) is 23.0 Å². The number of para-hydroxylation sites is 4. The molecule has 0 saturated heterocycles. The molecule has 6 heteroatoms. The van der Waals surface area contributed by atoms with Gasteiger partial charge in [0.1, 0.15) is 11.5 Å². The molecule has 78 heavy (non-hydrogen) atoms. The molecule has 2 aromatic heterocycles. The minimum absolute atomic E-state index is 0.00345. The summed E-state index contributed by atoms with van der Waals surface area (Å²) < 4.78 is 12.4. The van der Waals surface area contributed by atoms with E-state index >= 15 is 0 Å². The maximum atomic E-state index is 7.39. The van der Waals surface area contributed by atoms with E-state index in [0.29, 0.717) is 0 Å². The summed E-state index contributed by atoms with van der Waals surface area (Å²) in [5.74, 6) is 1.78. The standard InChI is InChI=1S/C72H63BN4O/c1-70(2,3)46-28-32-52(33-29-46)75-63-40-30-47(71(4,5)6)42-59(63)73-60-43-48(72(7,8)9)31-41-65(60)78-66-45-54(44-64(75)67(66)73)77-62-27-19-17-25-56(62)58-39-38-57-55-24-16-18-26-61(55)76(68(57)69(58)77)53-36-34-51(35-37-53)74(49-20-12-10-13-21-49)50-22-14-11-15-23-50/h10-45H,1-9H3. The molecule has 0 amide bonds. The van der Waals surface area contributed by atoms with Crippen molar-refractivity contribution < 1.29 is 4.74 Å². The third-order valence-corrected chi connectivity index (χ3v) is 16.6. The lowest BCUT2D eigenvalue weighted by Crippen LogP contribution is -2.60. The maximum absolute atomic E-state index is 7.39. The van der Waals surface area contributed by atoms with Crippen molar-refractivity contribution in [2.75, 3.05) is 9.80 Å². The van der Waals surface area contributed by atoms with Gasteiger partial charge in [-0.2, -0.15) is 0 Å². The van der Waals surface area contributed by atoms with E-state index in [9.17, 15) is 0 Å². The lowest BCUT2D eigenvalue weighted by molar-refractivity contribution is 0.486. The van der Waals surface area contributed by atoms with Crippen LogP contribution in [0.1, 0.15) is 79.0 Å². The molecule has 10 aromatic carbocycles. The summed E-state index contributed by atoms with van der Waals surface area (Å²) in [5, 5.41) is 4.80. The largest absolute Gasteiger partial charge is 0.458 e. The zero-order chi connectivity index (χ0) is 53.4. The molecule has 380 valence electrons. The minimum atomic E-state index is -0.0624. The summed E-state index contributed by atoms with van der Waals surface area (Å²) in [7, 11) is 0. The highest BCUT2D eigenvalue weighted by molar-refractivity contribution is 6.99. The van der Waals surface area contributed by atoms with E-state index in [1.807, 2.05) is 0 Å². The Morgan fingerprint density at radius 2 is 0.833 bits per heavy atom. The molecule has 14 rings (SSSR count). The molecule has 2 aliphatic rings. The Bertz CT molecular complexity index is 4300. The van der Waals surface area contributed by atoms with Crippen LogP contribution in [0.4, 0.5) is 34.1 Å². The average Bonchev–Trinajstić information content (AvgIpc) is 3.52. The first kappa shape index (κ1) is 47.7. The third kappa shape index (κ3) is 7.51. The second-order valence-corrected chi connectivity index (χ2v) is 24.7. The quantitative estimate of drug-likeness (QED) is 0.155.